The topological polar surface area (TPSA) is 59.7 Å². The number of benzene rings is 2. The Labute approximate surface area is 201 Å². The standard InChI is InChI=1S/C28H34N4O2/c1-19-9-14-23-24(31(19)28(33)34-3)15-16-25-27(23)30-26(17-20-7-5-4-6-8-20)32(25)22-12-10-21(11-13-22)18-29-2/h4-8,15-16,19,21-22H,2,9-14,17-18H2,1,3H3/t19-,21?,22?/m0/s1. The maximum Gasteiger partial charge on any atom is 0.414 e. The summed E-state index contributed by atoms with van der Waals surface area (Å²) in [5.74, 6) is 1.76. The van der Waals surface area contributed by atoms with Gasteiger partial charge in [0.05, 0.1) is 23.8 Å². The average molecular weight is 459 g/mol. The third-order valence-corrected chi connectivity index (χ3v) is 7.67. The summed E-state index contributed by atoms with van der Waals surface area (Å²) in [5.41, 5.74) is 5.60. The van der Waals surface area contributed by atoms with E-state index in [0.717, 1.165) is 55.7 Å². The lowest BCUT2D eigenvalue weighted by Gasteiger charge is -2.34. The third kappa shape index (κ3) is 4.10. The van der Waals surface area contributed by atoms with Crippen LogP contribution in [0.1, 0.15) is 62.0 Å². The molecule has 0 radical (unpaired) electrons. The highest BCUT2D eigenvalue weighted by Crippen LogP contribution is 2.40. The Hall–Kier alpha value is -3.15. The number of ether oxygens (including phenoxy) is 1. The number of carbonyl (C=O) groups is 1. The van der Waals surface area contributed by atoms with E-state index in [-0.39, 0.29) is 12.1 Å². The normalized spacial score (nSPS) is 22.4. The van der Waals surface area contributed by atoms with Crippen LogP contribution >= 0.6 is 0 Å². The van der Waals surface area contributed by atoms with E-state index in [1.807, 2.05) is 0 Å². The molecular formula is C28H34N4O2. The van der Waals surface area contributed by atoms with Gasteiger partial charge < -0.3 is 14.3 Å². The van der Waals surface area contributed by atoms with Gasteiger partial charge in [-0.15, -0.1) is 0 Å². The van der Waals surface area contributed by atoms with E-state index in [4.69, 9.17) is 9.72 Å². The highest BCUT2D eigenvalue weighted by Gasteiger charge is 2.32. The molecule has 0 spiro atoms. The molecule has 6 nitrogen and oxygen atoms in total. The highest BCUT2D eigenvalue weighted by molar-refractivity contribution is 5.95. The molecule has 6 heteroatoms. The molecule has 2 aromatic carbocycles. The van der Waals surface area contributed by atoms with Crippen molar-refractivity contribution in [1.29, 1.82) is 0 Å². The molecule has 2 heterocycles. The number of nitrogens with zero attached hydrogens (tertiary/aromatic N) is 4. The van der Waals surface area contributed by atoms with E-state index in [1.54, 1.807) is 4.90 Å². The zero-order chi connectivity index (χ0) is 23.7. The molecule has 1 atom stereocenters. The number of hydrogen-bond acceptors (Lipinski definition) is 4. The number of fused-ring (bicyclic) bond motifs is 3. The summed E-state index contributed by atoms with van der Waals surface area (Å²) in [7, 11) is 1.45. The van der Waals surface area contributed by atoms with Crippen molar-refractivity contribution in [1.82, 2.24) is 9.55 Å². The minimum absolute atomic E-state index is 0.108. The number of hydrogen-bond donors (Lipinski definition) is 0. The predicted octanol–water partition coefficient (Wildman–Crippen LogP) is 5.97. The summed E-state index contributed by atoms with van der Waals surface area (Å²) in [4.78, 5) is 23.8. The van der Waals surface area contributed by atoms with Crippen molar-refractivity contribution in [3.8, 4) is 0 Å². The van der Waals surface area contributed by atoms with Gasteiger partial charge in [-0.05, 0) is 75.8 Å². The van der Waals surface area contributed by atoms with Crippen LogP contribution in [0, 0.1) is 5.92 Å². The SMILES string of the molecule is C=NCC1CCC(n2c(Cc3ccccc3)nc3c4c(ccc32)N(C(=O)OC)[C@@H](C)CC4)CC1. The van der Waals surface area contributed by atoms with Crippen molar-refractivity contribution in [2.24, 2.45) is 10.9 Å². The largest absolute Gasteiger partial charge is 0.452 e. The lowest BCUT2D eigenvalue weighted by atomic mass is 9.85. The predicted molar refractivity (Wildman–Crippen MR) is 137 cm³/mol. The monoisotopic (exact) mass is 458 g/mol. The van der Waals surface area contributed by atoms with Gasteiger partial charge in [0.15, 0.2) is 0 Å². The Bertz CT molecular complexity index is 1180. The fourth-order valence-electron chi connectivity index (χ4n) is 5.90. The molecule has 1 saturated carbocycles. The Kier molecular flexibility index (Phi) is 6.40. The van der Waals surface area contributed by atoms with E-state index in [9.17, 15) is 4.79 Å². The number of aliphatic imine (C=N–C) groups is 1. The fourth-order valence-corrected chi connectivity index (χ4v) is 5.90. The van der Waals surface area contributed by atoms with Gasteiger partial charge in [-0.2, -0.15) is 0 Å². The number of anilines is 1. The van der Waals surface area contributed by atoms with Crippen LogP contribution in [0.25, 0.3) is 11.0 Å². The molecule has 3 aromatic rings. The fraction of sp³-hybridized carbons (Fsp3) is 0.464. The summed E-state index contributed by atoms with van der Waals surface area (Å²) in [6.07, 6.45) is 6.94. The first-order valence-electron chi connectivity index (χ1n) is 12.5. The van der Waals surface area contributed by atoms with Crippen LogP contribution in [0.5, 0.6) is 0 Å². The number of aromatic nitrogens is 2. The van der Waals surface area contributed by atoms with Gasteiger partial charge in [0.2, 0.25) is 0 Å². The van der Waals surface area contributed by atoms with Crippen LogP contribution in [-0.4, -0.2) is 42.1 Å². The quantitative estimate of drug-likeness (QED) is 0.443. The molecule has 2 aliphatic rings. The Morgan fingerprint density at radius 2 is 1.88 bits per heavy atom. The lowest BCUT2D eigenvalue weighted by Crippen LogP contribution is -2.42. The number of imidazole rings is 1. The van der Waals surface area contributed by atoms with Crippen molar-refractivity contribution >= 4 is 29.5 Å². The van der Waals surface area contributed by atoms with E-state index < -0.39 is 0 Å². The van der Waals surface area contributed by atoms with Crippen LogP contribution < -0.4 is 4.90 Å². The van der Waals surface area contributed by atoms with Crippen LogP contribution in [0.2, 0.25) is 0 Å². The first-order chi connectivity index (χ1) is 16.6. The molecule has 34 heavy (non-hydrogen) atoms. The van der Waals surface area contributed by atoms with Crippen LogP contribution in [0.15, 0.2) is 47.5 Å². The van der Waals surface area contributed by atoms with E-state index in [1.165, 1.54) is 36.6 Å². The summed E-state index contributed by atoms with van der Waals surface area (Å²) < 4.78 is 7.61. The molecule has 1 aromatic heterocycles. The van der Waals surface area contributed by atoms with E-state index in [2.05, 4.69) is 65.7 Å². The van der Waals surface area contributed by atoms with E-state index >= 15 is 0 Å². The molecule has 5 rings (SSSR count). The number of carbonyl (C=O) groups excluding carboxylic acids is 1. The second-order valence-electron chi connectivity index (χ2n) is 9.80. The molecule has 1 fully saturated rings. The molecule has 178 valence electrons. The number of amides is 1. The Balaban J connectivity index is 1.60. The van der Waals surface area contributed by atoms with Crippen molar-refractivity contribution < 1.29 is 9.53 Å². The minimum atomic E-state index is -0.300. The van der Waals surface area contributed by atoms with Crippen LogP contribution in [0.3, 0.4) is 0 Å². The van der Waals surface area contributed by atoms with Crippen LogP contribution in [-0.2, 0) is 17.6 Å². The average Bonchev–Trinajstić information content (AvgIpc) is 3.23. The van der Waals surface area contributed by atoms with Gasteiger partial charge in [-0.25, -0.2) is 9.78 Å². The third-order valence-electron chi connectivity index (χ3n) is 7.67. The van der Waals surface area contributed by atoms with Gasteiger partial charge >= 0.3 is 6.09 Å². The molecule has 1 aliphatic carbocycles. The number of rotatable bonds is 5. The van der Waals surface area contributed by atoms with Crippen molar-refractivity contribution in [2.75, 3.05) is 18.6 Å². The Morgan fingerprint density at radius 3 is 2.59 bits per heavy atom. The van der Waals surface area contributed by atoms with Gasteiger partial charge in [0, 0.05) is 30.6 Å². The smallest absolute Gasteiger partial charge is 0.414 e. The summed E-state index contributed by atoms with van der Waals surface area (Å²) in [6, 6.07) is 15.4. The van der Waals surface area contributed by atoms with E-state index in [0.29, 0.717) is 12.0 Å². The van der Waals surface area contributed by atoms with Gasteiger partial charge in [-0.3, -0.25) is 4.90 Å². The van der Waals surface area contributed by atoms with Crippen LogP contribution in [0.4, 0.5) is 10.5 Å². The van der Waals surface area contributed by atoms with Gasteiger partial charge in [0.25, 0.3) is 0 Å². The van der Waals surface area contributed by atoms with Gasteiger partial charge in [0.1, 0.15) is 5.82 Å². The van der Waals surface area contributed by atoms with Crippen molar-refractivity contribution in [3.05, 3.63) is 59.4 Å². The molecule has 0 saturated heterocycles. The van der Waals surface area contributed by atoms with Crippen molar-refractivity contribution in [3.63, 3.8) is 0 Å². The summed E-state index contributed by atoms with van der Waals surface area (Å²) >= 11 is 0. The zero-order valence-electron chi connectivity index (χ0n) is 20.2. The summed E-state index contributed by atoms with van der Waals surface area (Å²) in [6.45, 7) is 6.64. The minimum Gasteiger partial charge on any atom is -0.452 e. The second-order valence-corrected chi connectivity index (χ2v) is 9.80. The molecule has 0 bridgehead atoms. The molecule has 1 amide bonds. The number of methoxy groups -OCH3 is 1. The molecular weight excluding hydrogens is 424 g/mol. The molecule has 0 N–H and O–H groups in total. The maximum absolute atomic E-state index is 12.6. The number of aryl methyl sites for hydroxylation is 1. The Morgan fingerprint density at radius 1 is 1.12 bits per heavy atom. The summed E-state index contributed by atoms with van der Waals surface area (Å²) in [5, 5.41) is 0. The first kappa shape index (κ1) is 22.6. The van der Waals surface area contributed by atoms with Gasteiger partial charge in [-0.1, -0.05) is 30.3 Å². The lowest BCUT2D eigenvalue weighted by molar-refractivity contribution is 0.175. The first-order valence-corrected chi connectivity index (χ1v) is 12.5. The van der Waals surface area contributed by atoms with Crippen molar-refractivity contribution in [2.45, 2.75) is 64.0 Å². The maximum atomic E-state index is 12.6. The zero-order valence-corrected chi connectivity index (χ0v) is 20.2. The highest BCUT2D eigenvalue weighted by atomic mass is 16.5. The molecule has 0 unspecified atom stereocenters. The second kappa shape index (κ2) is 9.61. The molecule has 1 aliphatic heterocycles.